The Labute approximate surface area is 99.5 Å². The van der Waals surface area contributed by atoms with E-state index in [1.165, 1.54) is 0 Å². The Kier molecular flexibility index (Phi) is 2.92. The predicted octanol–water partition coefficient (Wildman–Crippen LogP) is 1.42. The number of rotatable bonds is 1. The third kappa shape index (κ3) is 1.69. The fourth-order valence-electron chi connectivity index (χ4n) is 1.51. The lowest BCUT2D eigenvalue weighted by atomic mass is 9.72. The Hall–Kier alpha value is -0.630. The summed E-state index contributed by atoms with van der Waals surface area (Å²) in [6.07, 6.45) is -1.10. The lowest BCUT2D eigenvalue weighted by molar-refractivity contribution is -0.183. The van der Waals surface area contributed by atoms with E-state index in [-0.39, 0.29) is 0 Å². The highest BCUT2D eigenvalue weighted by Gasteiger charge is 2.73. The number of carbonyl (C=O) groups excluding carboxylic acids is 2. The molecule has 0 amide bonds. The van der Waals surface area contributed by atoms with Gasteiger partial charge in [-0.1, -0.05) is 13.8 Å². The van der Waals surface area contributed by atoms with Gasteiger partial charge in [-0.25, -0.2) is 12.8 Å². The number of alkyl halides is 3. The minimum Gasteiger partial charge on any atom is -0.294 e. The summed E-state index contributed by atoms with van der Waals surface area (Å²) in [5.74, 6) is -8.69. The molecule has 1 aliphatic carbocycles. The highest BCUT2D eigenvalue weighted by Crippen LogP contribution is 2.50. The number of halogens is 4. The quantitative estimate of drug-likeness (QED) is 0.541. The van der Waals surface area contributed by atoms with Crippen molar-refractivity contribution in [2.45, 2.75) is 31.2 Å². The van der Waals surface area contributed by atoms with Crippen LogP contribution in [0.15, 0.2) is 0 Å². The van der Waals surface area contributed by atoms with Gasteiger partial charge in [-0.05, 0) is 0 Å². The van der Waals surface area contributed by atoms with Gasteiger partial charge in [-0.3, -0.25) is 9.59 Å². The first kappa shape index (κ1) is 14.4. The number of carbonyl (C=O) groups is 2. The van der Waals surface area contributed by atoms with Crippen LogP contribution in [-0.4, -0.2) is 30.9 Å². The van der Waals surface area contributed by atoms with Crippen LogP contribution in [0.1, 0.15) is 20.3 Å². The molecule has 0 aromatic rings. The topological polar surface area (TPSA) is 68.3 Å². The van der Waals surface area contributed by atoms with Crippen molar-refractivity contribution >= 4 is 31.3 Å². The highest BCUT2D eigenvalue weighted by atomic mass is 35.7. The Morgan fingerprint density at radius 2 is 1.59 bits per heavy atom. The fourth-order valence-corrected chi connectivity index (χ4v) is 2.67. The van der Waals surface area contributed by atoms with Crippen LogP contribution in [0.4, 0.5) is 13.2 Å². The second kappa shape index (κ2) is 3.44. The molecule has 9 heteroatoms. The zero-order valence-corrected chi connectivity index (χ0v) is 10.3. The van der Waals surface area contributed by atoms with Gasteiger partial charge in [-0.2, -0.15) is 8.78 Å². The Bertz CT molecular complexity index is 499. The maximum Gasteiger partial charge on any atom is 0.345 e. The summed E-state index contributed by atoms with van der Waals surface area (Å²) in [6, 6.07) is 0. The van der Waals surface area contributed by atoms with E-state index in [0.29, 0.717) is 0 Å². The molecule has 0 radical (unpaired) electrons. The molecule has 1 unspecified atom stereocenters. The van der Waals surface area contributed by atoms with E-state index in [9.17, 15) is 31.2 Å². The first-order chi connectivity index (χ1) is 7.28. The van der Waals surface area contributed by atoms with E-state index in [1.807, 2.05) is 0 Å². The van der Waals surface area contributed by atoms with Crippen molar-refractivity contribution in [3.05, 3.63) is 0 Å². The van der Waals surface area contributed by atoms with Crippen molar-refractivity contribution in [3.8, 4) is 0 Å². The summed E-state index contributed by atoms with van der Waals surface area (Å²) in [5.41, 5.74) is -2.15. The maximum absolute atomic E-state index is 13.8. The minimum atomic E-state index is -5.42. The standard InChI is InChI=1S/C8H8ClF3O4S/c1-6(2)3-4(13)7(10,17(9,15)16)5(14)8(6,11)12/h3H2,1-2H3. The van der Waals surface area contributed by atoms with Gasteiger partial charge in [-0.15, -0.1) is 0 Å². The van der Waals surface area contributed by atoms with Gasteiger partial charge in [0.05, 0.1) is 0 Å². The average Bonchev–Trinajstić information content (AvgIpc) is 2.10. The molecule has 1 atom stereocenters. The van der Waals surface area contributed by atoms with Gasteiger partial charge >= 0.3 is 10.9 Å². The molecule has 0 bridgehead atoms. The van der Waals surface area contributed by atoms with Gasteiger partial charge < -0.3 is 0 Å². The van der Waals surface area contributed by atoms with Gasteiger partial charge in [0.15, 0.2) is 5.78 Å². The molecule has 1 fully saturated rings. The normalized spacial score (nSPS) is 32.6. The minimum absolute atomic E-state index is 0.864. The van der Waals surface area contributed by atoms with Gasteiger partial charge in [0.2, 0.25) is 0 Å². The predicted molar refractivity (Wildman–Crippen MR) is 52.0 cm³/mol. The zero-order chi connectivity index (χ0) is 13.9. The SMILES string of the molecule is CC1(C)CC(=O)C(F)(S(=O)(=O)Cl)C(=O)C1(F)F. The Morgan fingerprint density at radius 3 is 1.94 bits per heavy atom. The van der Waals surface area contributed by atoms with Gasteiger partial charge in [0, 0.05) is 22.5 Å². The molecular formula is C8H8ClF3O4S. The molecule has 1 rings (SSSR count). The second-order valence-electron chi connectivity index (χ2n) is 4.42. The monoisotopic (exact) mass is 292 g/mol. The molecule has 0 spiro atoms. The highest BCUT2D eigenvalue weighted by molar-refractivity contribution is 8.15. The third-order valence-corrected chi connectivity index (χ3v) is 4.45. The smallest absolute Gasteiger partial charge is 0.294 e. The van der Waals surface area contributed by atoms with E-state index in [2.05, 4.69) is 10.7 Å². The molecule has 0 aromatic carbocycles. The van der Waals surface area contributed by atoms with Crippen LogP contribution in [0, 0.1) is 5.41 Å². The van der Waals surface area contributed by atoms with Crippen molar-refractivity contribution in [1.82, 2.24) is 0 Å². The van der Waals surface area contributed by atoms with Crippen molar-refractivity contribution in [2.75, 3.05) is 0 Å². The van der Waals surface area contributed by atoms with Crippen LogP contribution >= 0.6 is 10.7 Å². The van der Waals surface area contributed by atoms with E-state index in [1.54, 1.807) is 0 Å². The zero-order valence-electron chi connectivity index (χ0n) is 8.76. The molecule has 0 aromatic heterocycles. The van der Waals surface area contributed by atoms with E-state index >= 15 is 0 Å². The molecule has 4 nitrogen and oxygen atoms in total. The number of ketones is 2. The van der Waals surface area contributed by atoms with Crippen molar-refractivity contribution < 1.29 is 31.2 Å². The molecule has 1 saturated carbocycles. The second-order valence-corrected chi connectivity index (χ2v) is 7.08. The summed E-state index contributed by atoms with van der Waals surface area (Å²) in [6.45, 7) is 1.73. The van der Waals surface area contributed by atoms with Crippen molar-refractivity contribution in [3.63, 3.8) is 0 Å². The molecule has 0 heterocycles. The van der Waals surface area contributed by atoms with Crippen molar-refractivity contribution in [1.29, 1.82) is 0 Å². The molecule has 0 N–H and O–H groups in total. The van der Waals surface area contributed by atoms with Gasteiger partial charge in [0.1, 0.15) is 0 Å². The lowest BCUT2D eigenvalue weighted by Crippen LogP contribution is -2.64. The molecular weight excluding hydrogens is 285 g/mol. The largest absolute Gasteiger partial charge is 0.345 e. The number of hydrogen-bond donors (Lipinski definition) is 0. The van der Waals surface area contributed by atoms with Crippen LogP contribution in [0.5, 0.6) is 0 Å². The first-order valence-electron chi connectivity index (χ1n) is 4.37. The van der Waals surface area contributed by atoms with Crippen LogP contribution in [0.25, 0.3) is 0 Å². The summed E-state index contributed by atoms with van der Waals surface area (Å²) >= 11 is 0. The maximum atomic E-state index is 13.8. The third-order valence-electron chi connectivity index (χ3n) is 2.72. The lowest BCUT2D eigenvalue weighted by Gasteiger charge is -2.40. The summed E-state index contributed by atoms with van der Waals surface area (Å²) in [5, 5.41) is -4.37. The van der Waals surface area contributed by atoms with Crippen LogP contribution in [0.3, 0.4) is 0 Å². The Balaban J connectivity index is 3.52. The number of Topliss-reactive ketones (excluding diaryl/α,β-unsaturated/α-hetero) is 2. The summed E-state index contributed by atoms with van der Waals surface area (Å²) < 4.78 is 62.5. The van der Waals surface area contributed by atoms with E-state index in [4.69, 9.17) is 0 Å². The first-order valence-corrected chi connectivity index (χ1v) is 6.68. The molecule has 1 aliphatic rings. The van der Waals surface area contributed by atoms with Crippen LogP contribution in [-0.2, 0) is 18.6 Å². The van der Waals surface area contributed by atoms with Gasteiger partial charge in [0.25, 0.3) is 14.8 Å². The fraction of sp³-hybridized carbons (Fsp3) is 0.750. The van der Waals surface area contributed by atoms with E-state index < -0.39 is 43.4 Å². The van der Waals surface area contributed by atoms with E-state index in [0.717, 1.165) is 13.8 Å². The summed E-state index contributed by atoms with van der Waals surface area (Å²) in [7, 11) is -0.833. The Morgan fingerprint density at radius 1 is 1.18 bits per heavy atom. The molecule has 98 valence electrons. The molecule has 17 heavy (non-hydrogen) atoms. The average molecular weight is 293 g/mol. The number of hydrogen-bond acceptors (Lipinski definition) is 4. The summed E-state index contributed by atoms with van der Waals surface area (Å²) in [4.78, 5) is 22.5. The van der Waals surface area contributed by atoms with Crippen LogP contribution < -0.4 is 0 Å². The molecule has 0 saturated heterocycles. The van der Waals surface area contributed by atoms with Crippen molar-refractivity contribution in [2.24, 2.45) is 5.41 Å². The molecule has 0 aliphatic heterocycles. The van der Waals surface area contributed by atoms with Crippen LogP contribution in [0.2, 0.25) is 0 Å².